The quantitative estimate of drug-likeness (QED) is 0.720. The molecule has 4 nitrogen and oxygen atoms in total. The Morgan fingerprint density at radius 1 is 1.19 bits per heavy atom. The number of hydrogen-bond acceptors (Lipinski definition) is 3. The summed E-state index contributed by atoms with van der Waals surface area (Å²) in [5.41, 5.74) is -0.630. The summed E-state index contributed by atoms with van der Waals surface area (Å²) >= 11 is 0. The van der Waals surface area contributed by atoms with Crippen molar-refractivity contribution in [2.75, 3.05) is 13.1 Å². The maximum Gasteiger partial charge on any atom is 0.416 e. The number of hydrogen-bond donors (Lipinski definition) is 0. The molecule has 1 heterocycles. The van der Waals surface area contributed by atoms with Gasteiger partial charge in [0.2, 0.25) is 0 Å². The van der Waals surface area contributed by atoms with Gasteiger partial charge in [-0.2, -0.15) is 13.2 Å². The monoisotopic (exact) mass is 371 g/mol. The van der Waals surface area contributed by atoms with E-state index in [1.807, 2.05) is 0 Å². The third kappa shape index (κ3) is 5.22. The molecule has 0 radical (unpaired) electrons. The van der Waals surface area contributed by atoms with Crippen LogP contribution < -0.4 is 0 Å². The Balaban J connectivity index is 1.93. The molecule has 0 saturated carbocycles. The lowest BCUT2D eigenvalue weighted by Crippen LogP contribution is -2.51. The minimum absolute atomic E-state index is 0.114. The van der Waals surface area contributed by atoms with Crippen molar-refractivity contribution in [1.82, 2.24) is 4.90 Å². The van der Waals surface area contributed by atoms with Gasteiger partial charge >= 0.3 is 12.3 Å². The van der Waals surface area contributed by atoms with Crippen molar-refractivity contribution in [3.63, 3.8) is 0 Å². The lowest BCUT2D eigenvalue weighted by Gasteiger charge is -2.40. The van der Waals surface area contributed by atoms with E-state index >= 15 is 0 Å². The fourth-order valence-electron chi connectivity index (χ4n) is 2.89. The molecular weight excluding hydrogens is 347 g/mol. The minimum Gasteiger partial charge on any atom is -0.444 e. The van der Waals surface area contributed by atoms with Crippen molar-refractivity contribution >= 4 is 11.9 Å². The van der Waals surface area contributed by atoms with Crippen molar-refractivity contribution in [1.29, 1.82) is 0 Å². The minimum atomic E-state index is -4.47. The van der Waals surface area contributed by atoms with E-state index in [1.54, 1.807) is 25.7 Å². The lowest BCUT2D eigenvalue weighted by molar-refractivity contribution is -0.137. The molecule has 1 saturated heterocycles. The van der Waals surface area contributed by atoms with E-state index in [2.05, 4.69) is 0 Å². The zero-order chi connectivity index (χ0) is 19.7. The Bertz CT molecular complexity index is 686. The molecule has 144 valence electrons. The van der Waals surface area contributed by atoms with Crippen molar-refractivity contribution in [2.45, 2.75) is 52.3 Å². The average molecular weight is 371 g/mol. The zero-order valence-electron chi connectivity index (χ0n) is 15.4. The van der Waals surface area contributed by atoms with E-state index in [9.17, 15) is 22.8 Å². The second-order valence-electron chi connectivity index (χ2n) is 7.72. The molecule has 0 aliphatic carbocycles. The first kappa shape index (κ1) is 20.3. The van der Waals surface area contributed by atoms with E-state index in [1.165, 1.54) is 13.0 Å². The van der Waals surface area contributed by atoms with Crippen molar-refractivity contribution < 1.29 is 27.5 Å². The SMILES string of the molecule is CC(=O)c1cc(C(F)(F)F)ccc1CCC1CN(C(=O)OC(C)(C)C)C1. The maximum atomic E-state index is 12.8. The molecule has 0 N–H and O–H groups in total. The summed E-state index contributed by atoms with van der Waals surface area (Å²) in [6, 6.07) is 3.31. The Kier molecular flexibility index (Phi) is 5.68. The van der Waals surface area contributed by atoms with Gasteiger partial charge in [-0.3, -0.25) is 4.79 Å². The number of amides is 1. The van der Waals surface area contributed by atoms with Gasteiger partial charge in [0.15, 0.2) is 5.78 Å². The largest absolute Gasteiger partial charge is 0.444 e. The van der Waals surface area contributed by atoms with Gasteiger partial charge in [0, 0.05) is 18.7 Å². The van der Waals surface area contributed by atoms with Gasteiger partial charge in [0.05, 0.1) is 5.56 Å². The van der Waals surface area contributed by atoms with Crippen molar-refractivity contribution in [3.8, 4) is 0 Å². The molecule has 0 bridgehead atoms. The Labute approximate surface area is 151 Å². The van der Waals surface area contributed by atoms with Crippen LogP contribution in [0.15, 0.2) is 18.2 Å². The van der Waals surface area contributed by atoms with Crippen LogP contribution in [0.2, 0.25) is 0 Å². The number of carbonyl (C=O) groups excluding carboxylic acids is 2. The summed E-state index contributed by atoms with van der Waals surface area (Å²) in [6.07, 6.45) is -3.62. The van der Waals surface area contributed by atoms with Gasteiger partial charge in [0.1, 0.15) is 5.60 Å². The van der Waals surface area contributed by atoms with Crippen LogP contribution in [0.25, 0.3) is 0 Å². The molecule has 1 aromatic rings. The van der Waals surface area contributed by atoms with Crippen LogP contribution in [-0.2, 0) is 17.3 Å². The van der Waals surface area contributed by atoms with Crippen LogP contribution >= 0.6 is 0 Å². The van der Waals surface area contributed by atoms with Gasteiger partial charge < -0.3 is 9.64 Å². The fraction of sp³-hybridized carbons (Fsp3) is 0.579. The number of carbonyl (C=O) groups is 2. The fourth-order valence-corrected chi connectivity index (χ4v) is 2.89. The summed E-state index contributed by atoms with van der Waals surface area (Å²) < 4.78 is 43.7. The van der Waals surface area contributed by atoms with E-state index in [4.69, 9.17) is 4.74 Å². The first-order valence-corrected chi connectivity index (χ1v) is 8.56. The number of nitrogens with zero attached hydrogens (tertiary/aromatic N) is 1. The van der Waals surface area contributed by atoms with Gasteiger partial charge in [-0.25, -0.2) is 4.79 Å². The standard InChI is InChI=1S/C19H24F3NO3/c1-12(24)16-9-15(19(20,21)22)8-7-14(16)6-5-13-10-23(11-13)17(25)26-18(2,3)4/h7-9,13H,5-6,10-11H2,1-4H3. The third-order valence-electron chi connectivity index (χ3n) is 4.25. The van der Waals surface area contributed by atoms with E-state index in [0.29, 0.717) is 31.5 Å². The molecule has 0 unspecified atom stereocenters. The van der Waals surface area contributed by atoms with Gasteiger partial charge in [-0.15, -0.1) is 0 Å². The Hall–Kier alpha value is -2.05. The molecular formula is C19H24F3NO3. The molecule has 0 atom stereocenters. The number of rotatable bonds is 4. The number of halogens is 3. The summed E-state index contributed by atoms with van der Waals surface area (Å²) in [6.45, 7) is 7.80. The highest BCUT2D eigenvalue weighted by atomic mass is 19.4. The van der Waals surface area contributed by atoms with E-state index in [0.717, 1.165) is 12.1 Å². The predicted molar refractivity (Wildman–Crippen MR) is 91.1 cm³/mol. The molecule has 0 aromatic heterocycles. The number of ketones is 1. The average Bonchev–Trinajstić information content (AvgIpc) is 2.42. The topological polar surface area (TPSA) is 46.6 Å². The second kappa shape index (κ2) is 7.29. The summed E-state index contributed by atoms with van der Waals surface area (Å²) in [4.78, 5) is 25.2. The lowest BCUT2D eigenvalue weighted by atomic mass is 9.90. The zero-order valence-corrected chi connectivity index (χ0v) is 15.4. The first-order valence-electron chi connectivity index (χ1n) is 8.56. The van der Waals surface area contributed by atoms with E-state index in [-0.39, 0.29) is 23.4 Å². The predicted octanol–water partition coefficient (Wildman–Crippen LogP) is 4.71. The van der Waals surface area contributed by atoms with Crippen LogP contribution in [0.3, 0.4) is 0 Å². The Morgan fingerprint density at radius 2 is 1.81 bits per heavy atom. The second-order valence-corrected chi connectivity index (χ2v) is 7.72. The van der Waals surface area contributed by atoms with Crippen LogP contribution in [-0.4, -0.2) is 35.5 Å². The summed E-state index contributed by atoms with van der Waals surface area (Å²) in [5.74, 6) is -0.125. The summed E-state index contributed by atoms with van der Waals surface area (Å²) in [5, 5.41) is 0. The van der Waals surface area contributed by atoms with Gasteiger partial charge in [-0.05, 0) is 64.2 Å². The molecule has 1 amide bonds. The molecule has 1 aliphatic heterocycles. The molecule has 1 aliphatic rings. The molecule has 0 spiro atoms. The third-order valence-corrected chi connectivity index (χ3v) is 4.25. The molecule has 26 heavy (non-hydrogen) atoms. The summed E-state index contributed by atoms with van der Waals surface area (Å²) in [7, 11) is 0. The smallest absolute Gasteiger partial charge is 0.416 e. The molecule has 1 aromatic carbocycles. The number of ether oxygens (including phenoxy) is 1. The highest BCUT2D eigenvalue weighted by molar-refractivity contribution is 5.95. The van der Waals surface area contributed by atoms with Crippen LogP contribution in [0.5, 0.6) is 0 Å². The van der Waals surface area contributed by atoms with Gasteiger partial charge in [0.25, 0.3) is 0 Å². The number of likely N-dealkylation sites (tertiary alicyclic amines) is 1. The van der Waals surface area contributed by atoms with Crippen molar-refractivity contribution in [2.24, 2.45) is 5.92 Å². The molecule has 2 rings (SSSR count). The Morgan fingerprint density at radius 3 is 2.31 bits per heavy atom. The molecule has 1 fully saturated rings. The van der Waals surface area contributed by atoms with Crippen LogP contribution in [0.1, 0.15) is 55.6 Å². The normalized spacial score (nSPS) is 15.6. The van der Waals surface area contributed by atoms with Crippen molar-refractivity contribution in [3.05, 3.63) is 34.9 Å². The highest BCUT2D eigenvalue weighted by Gasteiger charge is 2.34. The number of aryl methyl sites for hydroxylation is 1. The first-order chi connectivity index (χ1) is 11.9. The number of alkyl halides is 3. The highest BCUT2D eigenvalue weighted by Crippen LogP contribution is 2.32. The van der Waals surface area contributed by atoms with E-state index < -0.39 is 17.3 Å². The number of benzene rings is 1. The molecule has 7 heteroatoms. The van der Waals surface area contributed by atoms with Crippen LogP contribution in [0, 0.1) is 5.92 Å². The number of Topliss-reactive ketones (excluding diaryl/α,β-unsaturated/α-hetero) is 1. The van der Waals surface area contributed by atoms with Gasteiger partial charge in [-0.1, -0.05) is 6.07 Å². The maximum absolute atomic E-state index is 12.8. The van der Waals surface area contributed by atoms with Crippen LogP contribution in [0.4, 0.5) is 18.0 Å².